The molecule has 0 bridgehead atoms. The van der Waals surface area contributed by atoms with Gasteiger partial charge in [-0.25, -0.2) is 4.79 Å². The van der Waals surface area contributed by atoms with Gasteiger partial charge in [0.1, 0.15) is 0 Å². The van der Waals surface area contributed by atoms with E-state index in [4.69, 9.17) is 0 Å². The summed E-state index contributed by atoms with van der Waals surface area (Å²) >= 11 is 0. The Morgan fingerprint density at radius 3 is 2.60 bits per heavy atom. The number of carbonyl (C=O) groups is 1. The normalized spacial score (nSPS) is 9.73. The van der Waals surface area contributed by atoms with Gasteiger partial charge in [0.25, 0.3) is 0 Å². The van der Waals surface area contributed by atoms with Crippen molar-refractivity contribution < 1.29 is 19.6 Å². The van der Waals surface area contributed by atoms with Gasteiger partial charge in [-0.1, -0.05) is 0 Å². The van der Waals surface area contributed by atoms with E-state index in [1.54, 1.807) is 6.92 Å². The summed E-state index contributed by atoms with van der Waals surface area (Å²) in [6.45, 7) is 1.55. The Morgan fingerprint density at radius 1 is 1.53 bits per heavy atom. The van der Waals surface area contributed by atoms with Crippen LogP contribution in [0.25, 0.3) is 0 Å². The van der Waals surface area contributed by atoms with E-state index < -0.39 is 22.3 Å². The third-order valence-electron chi connectivity index (χ3n) is 1.92. The summed E-state index contributed by atoms with van der Waals surface area (Å²) < 4.78 is 4.45. The van der Waals surface area contributed by atoms with Crippen LogP contribution >= 0.6 is 0 Å². The molecule has 1 aromatic carbocycles. The summed E-state index contributed by atoms with van der Waals surface area (Å²) in [6.07, 6.45) is 0. The first kappa shape index (κ1) is 11.0. The SMILES string of the molecule is COC(=O)c1cc([N+](=O)[O-])c(O)cc1C. The topological polar surface area (TPSA) is 89.7 Å². The van der Waals surface area contributed by atoms with E-state index in [9.17, 15) is 20.0 Å². The zero-order valence-corrected chi connectivity index (χ0v) is 8.18. The molecule has 15 heavy (non-hydrogen) atoms. The zero-order chi connectivity index (χ0) is 11.6. The van der Waals surface area contributed by atoms with Crippen molar-refractivity contribution in [1.82, 2.24) is 0 Å². The summed E-state index contributed by atoms with van der Waals surface area (Å²) in [7, 11) is 1.18. The molecule has 0 atom stereocenters. The summed E-state index contributed by atoms with van der Waals surface area (Å²) in [5.41, 5.74) is -0.0204. The van der Waals surface area contributed by atoms with Crippen LogP contribution in [0, 0.1) is 17.0 Å². The van der Waals surface area contributed by atoms with Gasteiger partial charge < -0.3 is 9.84 Å². The average molecular weight is 211 g/mol. The van der Waals surface area contributed by atoms with Gasteiger partial charge in [-0.15, -0.1) is 0 Å². The lowest BCUT2D eigenvalue weighted by Gasteiger charge is -2.04. The molecule has 0 aliphatic rings. The van der Waals surface area contributed by atoms with Crippen molar-refractivity contribution in [2.45, 2.75) is 6.92 Å². The van der Waals surface area contributed by atoms with Crippen LogP contribution in [0.5, 0.6) is 5.75 Å². The number of nitrogens with zero attached hydrogens (tertiary/aromatic N) is 1. The number of esters is 1. The van der Waals surface area contributed by atoms with E-state index in [1.165, 1.54) is 7.11 Å². The number of nitro groups is 1. The van der Waals surface area contributed by atoms with Gasteiger partial charge in [-0.05, 0) is 18.6 Å². The number of phenolic OH excluding ortho intramolecular Hbond substituents is 1. The van der Waals surface area contributed by atoms with E-state index in [0.29, 0.717) is 5.56 Å². The van der Waals surface area contributed by atoms with Crippen LogP contribution in [0.1, 0.15) is 15.9 Å². The lowest BCUT2D eigenvalue weighted by molar-refractivity contribution is -0.385. The number of hydrogen-bond acceptors (Lipinski definition) is 5. The number of benzene rings is 1. The van der Waals surface area contributed by atoms with Crippen molar-refractivity contribution in [3.8, 4) is 5.75 Å². The molecule has 0 radical (unpaired) electrons. The van der Waals surface area contributed by atoms with Gasteiger partial charge in [0.05, 0.1) is 17.6 Å². The Labute approximate surface area is 85.2 Å². The second kappa shape index (κ2) is 3.95. The molecule has 6 heteroatoms. The molecule has 1 rings (SSSR count). The molecule has 1 aromatic rings. The standard InChI is InChI=1S/C9H9NO5/c1-5-3-8(11)7(10(13)14)4-6(5)9(12)15-2/h3-4,11H,1-2H3. The van der Waals surface area contributed by atoms with E-state index >= 15 is 0 Å². The van der Waals surface area contributed by atoms with Gasteiger partial charge >= 0.3 is 11.7 Å². The molecule has 80 valence electrons. The van der Waals surface area contributed by atoms with Crippen molar-refractivity contribution in [2.75, 3.05) is 7.11 Å². The van der Waals surface area contributed by atoms with Gasteiger partial charge in [0.2, 0.25) is 0 Å². The maximum atomic E-state index is 11.2. The summed E-state index contributed by atoms with van der Waals surface area (Å²) in [5.74, 6) is -1.14. The van der Waals surface area contributed by atoms with Crippen molar-refractivity contribution in [1.29, 1.82) is 0 Å². The molecule has 0 aliphatic carbocycles. The Morgan fingerprint density at radius 2 is 2.13 bits per heavy atom. The van der Waals surface area contributed by atoms with Crippen LogP contribution < -0.4 is 0 Å². The summed E-state index contributed by atoms with van der Waals surface area (Å²) in [4.78, 5) is 20.9. The molecule has 0 amide bonds. The van der Waals surface area contributed by atoms with Crippen molar-refractivity contribution in [2.24, 2.45) is 0 Å². The highest BCUT2D eigenvalue weighted by Crippen LogP contribution is 2.29. The second-order valence-corrected chi connectivity index (χ2v) is 2.90. The highest BCUT2D eigenvalue weighted by molar-refractivity contribution is 5.92. The molecular weight excluding hydrogens is 202 g/mol. The molecule has 1 N–H and O–H groups in total. The third-order valence-corrected chi connectivity index (χ3v) is 1.92. The number of rotatable bonds is 2. The van der Waals surface area contributed by atoms with Crippen molar-refractivity contribution >= 4 is 11.7 Å². The predicted octanol–water partition coefficient (Wildman–Crippen LogP) is 1.40. The maximum Gasteiger partial charge on any atom is 0.338 e. The molecule has 0 saturated heterocycles. The summed E-state index contributed by atoms with van der Waals surface area (Å²) in [6, 6.07) is 2.15. The minimum absolute atomic E-state index is 0.0713. The average Bonchev–Trinajstić information content (AvgIpc) is 2.16. The van der Waals surface area contributed by atoms with E-state index in [0.717, 1.165) is 12.1 Å². The fourth-order valence-electron chi connectivity index (χ4n) is 1.16. The Hall–Kier alpha value is -2.11. The van der Waals surface area contributed by atoms with Crippen LogP contribution in [0.4, 0.5) is 5.69 Å². The number of nitro benzene ring substituents is 1. The number of hydrogen-bond donors (Lipinski definition) is 1. The fraction of sp³-hybridized carbons (Fsp3) is 0.222. The third kappa shape index (κ3) is 2.04. The Bertz CT molecular complexity index is 427. The Balaban J connectivity index is 3.36. The monoisotopic (exact) mass is 211 g/mol. The molecule has 0 aliphatic heterocycles. The molecule has 0 fully saturated rings. The van der Waals surface area contributed by atoms with Gasteiger partial charge in [-0.2, -0.15) is 0 Å². The first-order valence-electron chi connectivity index (χ1n) is 4.03. The van der Waals surface area contributed by atoms with E-state index in [-0.39, 0.29) is 5.56 Å². The lowest BCUT2D eigenvalue weighted by atomic mass is 10.1. The fourth-order valence-corrected chi connectivity index (χ4v) is 1.16. The van der Waals surface area contributed by atoms with Crippen LogP contribution in [-0.2, 0) is 4.74 Å². The molecule has 0 unspecified atom stereocenters. The van der Waals surface area contributed by atoms with Crippen molar-refractivity contribution in [3.05, 3.63) is 33.4 Å². The number of aryl methyl sites for hydroxylation is 1. The van der Waals surface area contributed by atoms with Crippen LogP contribution in [0.2, 0.25) is 0 Å². The Kier molecular flexibility index (Phi) is 2.89. The summed E-state index contributed by atoms with van der Waals surface area (Å²) in [5, 5.41) is 19.7. The molecule has 0 saturated carbocycles. The number of aromatic hydroxyl groups is 1. The first-order chi connectivity index (χ1) is 6.97. The minimum atomic E-state index is -0.763. The van der Waals surface area contributed by atoms with Gasteiger partial charge in [0.15, 0.2) is 5.75 Å². The molecule has 0 aromatic heterocycles. The van der Waals surface area contributed by atoms with E-state index in [2.05, 4.69) is 4.74 Å². The van der Waals surface area contributed by atoms with Crippen LogP contribution in [0.15, 0.2) is 12.1 Å². The first-order valence-corrected chi connectivity index (χ1v) is 4.03. The lowest BCUT2D eigenvalue weighted by Crippen LogP contribution is -2.04. The highest BCUT2D eigenvalue weighted by atomic mass is 16.6. The number of carbonyl (C=O) groups excluding carboxylic acids is 1. The number of ether oxygens (including phenoxy) is 1. The van der Waals surface area contributed by atoms with Crippen molar-refractivity contribution in [3.63, 3.8) is 0 Å². The maximum absolute atomic E-state index is 11.2. The molecule has 0 heterocycles. The van der Waals surface area contributed by atoms with Gasteiger partial charge in [0, 0.05) is 6.07 Å². The minimum Gasteiger partial charge on any atom is -0.502 e. The second-order valence-electron chi connectivity index (χ2n) is 2.90. The largest absolute Gasteiger partial charge is 0.502 e. The van der Waals surface area contributed by atoms with Crippen LogP contribution in [0.3, 0.4) is 0 Å². The molecule has 0 spiro atoms. The predicted molar refractivity (Wildman–Crippen MR) is 50.8 cm³/mol. The van der Waals surface area contributed by atoms with Gasteiger partial charge in [-0.3, -0.25) is 10.1 Å². The zero-order valence-electron chi connectivity index (χ0n) is 8.18. The number of methoxy groups -OCH3 is 1. The smallest absolute Gasteiger partial charge is 0.338 e. The highest BCUT2D eigenvalue weighted by Gasteiger charge is 2.19. The van der Waals surface area contributed by atoms with Crippen LogP contribution in [-0.4, -0.2) is 23.1 Å². The number of phenols is 1. The molecule has 6 nitrogen and oxygen atoms in total. The molecular formula is C9H9NO5. The van der Waals surface area contributed by atoms with E-state index in [1.807, 2.05) is 0 Å². The quantitative estimate of drug-likeness (QED) is 0.453.